The molecule has 0 saturated carbocycles. The van der Waals surface area contributed by atoms with Gasteiger partial charge >= 0.3 is 0 Å². The Bertz CT molecular complexity index is 2140. The van der Waals surface area contributed by atoms with Crippen molar-refractivity contribution in [3.63, 3.8) is 0 Å². The molecule has 0 unspecified atom stereocenters. The summed E-state index contributed by atoms with van der Waals surface area (Å²) in [4.78, 5) is 29.1. The van der Waals surface area contributed by atoms with Crippen molar-refractivity contribution in [3.05, 3.63) is 78.6 Å². The maximum Gasteiger partial charge on any atom is 0.224 e. The number of amides is 1. The van der Waals surface area contributed by atoms with E-state index in [0.29, 0.717) is 46.0 Å². The highest BCUT2D eigenvalue weighted by Crippen LogP contribution is 2.34. The van der Waals surface area contributed by atoms with E-state index >= 15 is 0 Å². The number of hydrogen-bond donors (Lipinski definition) is 4. The quantitative estimate of drug-likeness (QED) is 0.170. The minimum atomic E-state index is -3.45. The highest BCUT2D eigenvalue weighted by Gasteiger charge is 2.17. The van der Waals surface area contributed by atoms with Crippen LogP contribution in [0.4, 0.5) is 10.1 Å². The van der Waals surface area contributed by atoms with E-state index in [1.54, 1.807) is 30.9 Å². The Morgan fingerprint density at radius 1 is 0.955 bits per heavy atom. The number of carbonyl (C=O) groups is 1. The van der Waals surface area contributed by atoms with E-state index in [1.807, 2.05) is 38.1 Å². The van der Waals surface area contributed by atoms with E-state index < -0.39 is 15.8 Å². The summed E-state index contributed by atoms with van der Waals surface area (Å²) in [5.41, 5.74) is 6.35. The molecular formula is C31H29FN8O3S. The highest BCUT2D eigenvalue weighted by molar-refractivity contribution is 7.88. The lowest BCUT2D eigenvalue weighted by atomic mass is 10.0. The van der Waals surface area contributed by atoms with Gasteiger partial charge in [0, 0.05) is 52.8 Å². The first-order valence-electron chi connectivity index (χ1n) is 13.8. The number of benzene rings is 1. The molecule has 6 rings (SSSR count). The van der Waals surface area contributed by atoms with Crippen molar-refractivity contribution in [2.24, 2.45) is 5.92 Å². The second-order valence-corrected chi connectivity index (χ2v) is 12.9. The van der Waals surface area contributed by atoms with E-state index in [1.165, 1.54) is 12.1 Å². The molecule has 0 bridgehead atoms. The Morgan fingerprint density at radius 2 is 1.77 bits per heavy atom. The van der Waals surface area contributed by atoms with Gasteiger partial charge in [-0.2, -0.15) is 5.10 Å². The standard InChI is InChI=1S/C31H29FN8O3S/c1-17(2)6-29(41)37-22-10-20(14-33-15-22)26-11-24-28(16-35-26)39-40-31(24)27-12-23-25(38-27)4-5-34-30(23)19-7-18(8-21(32)9-19)13-36-44(3,42)43/h4-5,7-12,14-17,36,38H,6,13H2,1-3H3,(H,37,41)(H,39,40). The normalized spacial score (nSPS) is 11.9. The summed E-state index contributed by atoms with van der Waals surface area (Å²) >= 11 is 0. The van der Waals surface area contributed by atoms with Crippen LogP contribution in [0.15, 0.2) is 67.3 Å². The number of H-pyrrole nitrogens is 2. The molecule has 0 atom stereocenters. The molecule has 11 nitrogen and oxygen atoms in total. The summed E-state index contributed by atoms with van der Waals surface area (Å²) < 4.78 is 40.1. The van der Waals surface area contributed by atoms with Crippen LogP contribution < -0.4 is 10.0 Å². The largest absolute Gasteiger partial charge is 0.353 e. The van der Waals surface area contributed by atoms with Crippen LogP contribution in [0.2, 0.25) is 0 Å². The fourth-order valence-corrected chi connectivity index (χ4v) is 5.46. The van der Waals surface area contributed by atoms with Crippen molar-refractivity contribution in [1.82, 2.24) is 34.9 Å². The molecule has 1 amide bonds. The molecule has 0 radical (unpaired) electrons. The van der Waals surface area contributed by atoms with Crippen molar-refractivity contribution in [3.8, 4) is 33.9 Å². The number of carbonyl (C=O) groups excluding carboxylic acids is 1. The van der Waals surface area contributed by atoms with Gasteiger partial charge < -0.3 is 10.3 Å². The second-order valence-electron chi connectivity index (χ2n) is 11.0. The first-order valence-corrected chi connectivity index (χ1v) is 15.7. The zero-order valence-corrected chi connectivity index (χ0v) is 25.0. The fourth-order valence-electron chi connectivity index (χ4n) is 5.03. The summed E-state index contributed by atoms with van der Waals surface area (Å²) in [6.45, 7) is 3.93. The summed E-state index contributed by atoms with van der Waals surface area (Å²) in [5.74, 6) is -0.340. The Labute approximate surface area is 252 Å². The van der Waals surface area contributed by atoms with Crippen LogP contribution in [-0.2, 0) is 21.4 Å². The first kappa shape index (κ1) is 29.1. The average molecular weight is 613 g/mol. The Morgan fingerprint density at radius 3 is 2.57 bits per heavy atom. The lowest BCUT2D eigenvalue weighted by molar-refractivity contribution is -0.116. The van der Waals surface area contributed by atoms with Gasteiger partial charge in [0.1, 0.15) is 11.5 Å². The molecule has 224 valence electrons. The number of sulfonamides is 1. The third-order valence-corrected chi connectivity index (χ3v) is 7.60. The summed E-state index contributed by atoms with van der Waals surface area (Å²) in [6.07, 6.45) is 8.07. The van der Waals surface area contributed by atoms with Crippen LogP contribution in [0.5, 0.6) is 0 Å². The molecule has 6 aromatic rings. The molecule has 44 heavy (non-hydrogen) atoms. The van der Waals surface area contributed by atoms with Crippen molar-refractivity contribution in [1.29, 1.82) is 0 Å². The van der Waals surface area contributed by atoms with E-state index in [-0.39, 0.29) is 18.4 Å². The van der Waals surface area contributed by atoms with Crippen LogP contribution in [0, 0.1) is 11.7 Å². The summed E-state index contributed by atoms with van der Waals surface area (Å²) in [6, 6.07) is 11.8. The van der Waals surface area contributed by atoms with Crippen LogP contribution in [0.1, 0.15) is 25.8 Å². The van der Waals surface area contributed by atoms with Crippen molar-refractivity contribution < 1.29 is 17.6 Å². The van der Waals surface area contributed by atoms with Crippen LogP contribution in [-0.4, -0.2) is 50.7 Å². The molecule has 13 heteroatoms. The Balaban J connectivity index is 1.36. The highest BCUT2D eigenvalue weighted by atomic mass is 32.2. The predicted molar refractivity (Wildman–Crippen MR) is 167 cm³/mol. The van der Waals surface area contributed by atoms with Crippen LogP contribution in [0.3, 0.4) is 0 Å². The zero-order valence-electron chi connectivity index (χ0n) is 24.1. The van der Waals surface area contributed by atoms with E-state index in [9.17, 15) is 17.6 Å². The molecule has 0 aliphatic rings. The molecule has 0 fully saturated rings. The van der Waals surface area contributed by atoms with Crippen LogP contribution in [0.25, 0.3) is 55.7 Å². The maximum absolute atomic E-state index is 14.6. The monoisotopic (exact) mass is 612 g/mol. The third-order valence-electron chi connectivity index (χ3n) is 6.93. The van der Waals surface area contributed by atoms with E-state index in [2.05, 4.69) is 40.2 Å². The Kier molecular flexibility index (Phi) is 7.66. The minimum absolute atomic E-state index is 0.0453. The number of pyridine rings is 3. The maximum atomic E-state index is 14.6. The SMILES string of the molecule is CC(C)CC(=O)Nc1cncc(-c2cc3c(-c4cc5c(-c6cc(F)cc(CNS(C)(=O)=O)c6)nccc5[nH]4)n[nH]c3cn2)c1. The second kappa shape index (κ2) is 11.6. The van der Waals surface area contributed by atoms with Gasteiger partial charge in [-0.1, -0.05) is 13.8 Å². The summed E-state index contributed by atoms with van der Waals surface area (Å²) in [7, 11) is -3.45. The number of aromatic amines is 2. The van der Waals surface area contributed by atoms with Gasteiger partial charge in [-0.05, 0) is 53.9 Å². The van der Waals surface area contributed by atoms with E-state index in [0.717, 1.165) is 33.6 Å². The molecule has 5 aromatic heterocycles. The lowest BCUT2D eigenvalue weighted by Crippen LogP contribution is -2.21. The third kappa shape index (κ3) is 6.33. The van der Waals surface area contributed by atoms with Crippen LogP contribution >= 0.6 is 0 Å². The molecule has 0 aliphatic carbocycles. The first-order chi connectivity index (χ1) is 21.0. The molecule has 4 N–H and O–H groups in total. The predicted octanol–water partition coefficient (Wildman–Crippen LogP) is 5.40. The average Bonchev–Trinajstić information content (AvgIpc) is 3.59. The zero-order chi connectivity index (χ0) is 31.0. The molecule has 0 spiro atoms. The van der Waals surface area contributed by atoms with Gasteiger partial charge in [0.25, 0.3) is 0 Å². The Hall–Kier alpha value is -5.01. The number of anilines is 1. The van der Waals surface area contributed by atoms with Crippen molar-refractivity contribution >= 4 is 43.4 Å². The van der Waals surface area contributed by atoms with Gasteiger partial charge in [0.2, 0.25) is 15.9 Å². The number of nitrogens with zero attached hydrogens (tertiary/aromatic N) is 4. The van der Waals surface area contributed by atoms with Gasteiger partial charge in [-0.15, -0.1) is 0 Å². The van der Waals surface area contributed by atoms with Gasteiger partial charge in [0.05, 0.1) is 46.9 Å². The van der Waals surface area contributed by atoms with Crippen molar-refractivity contribution in [2.45, 2.75) is 26.8 Å². The van der Waals surface area contributed by atoms with Gasteiger partial charge in [-0.3, -0.25) is 24.8 Å². The topological polar surface area (TPSA) is 158 Å². The van der Waals surface area contributed by atoms with E-state index in [4.69, 9.17) is 0 Å². The fraction of sp³-hybridized carbons (Fsp3) is 0.194. The molecule has 1 aromatic carbocycles. The number of fused-ring (bicyclic) bond motifs is 2. The van der Waals surface area contributed by atoms with Crippen molar-refractivity contribution in [2.75, 3.05) is 11.6 Å². The molecular weight excluding hydrogens is 583 g/mol. The van der Waals surface area contributed by atoms with Gasteiger partial charge in [0.15, 0.2) is 0 Å². The number of aromatic nitrogens is 6. The number of halogens is 1. The number of nitrogens with one attached hydrogen (secondary N) is 4. The smallest absolute Gasteiger partial charge is 0.224 e. The summed E-state index contributed by atoms with van der Waals surface area (Å²) in [5, 5.41) is 12.0. The molecule has 5 heterocycles. The number of rotatable bonds is 9. The molecule has 0 saturated heterocycles. The van der Waals surface area contributed by atoms with Gasteiger partial charge in [-0.25, -0.2) is 17.5 Å². The lowest BCUT2D eigenvalue weighted by Gasteiger charge is -2.08. The number of hydrogen-bond acceptors (Lipinski definition) is 7. The minimum Gasteiger partial charge on any atom is -0.353 e. The molecule has 0 aliphatic heterocycles.